The molecule has 1 aromatic carbocycles. The number of halogens is 6. The number of pyridine rings is 1. The summed E-state index contributed by atoms with van der Waals surface area (Å²) in [5.41, 5.74) is -0.201. The number of alkyl halides is 5. The van der Waals surface area contributed by atoms with Crippen LogP contribution in [-0.2, 0) is 6.18 Å². The zero-order chi connectivity index (χ0) is 24.2. The van der Waals surface area contributed by atoms with Gasteiger partial charge in [-0.05, 0) is 37.3 Å². The van der Waals surface area contributed by atoms with Crippen molar-refractivity contribution in [1.82, 2.24) is 20.3 Å². The summed E-state index contributed by atoms with van der Waals surface area (Å²) in [5.74, 6) is -0.601. The van der Waals surface area contributed by atoms with Crippen LogP contribution in [0.15, 0.2) is 53.4 Å². The molecule has 0 radical (unpaired) electrons. The molecule has 174 valence electrons. The highest BCUT2D eigenvalue weighted by atomic mass is 79.9. The van der Waals surface area contributed by atoms with E-state index in [1.54, 1.807) is 6.92 Å². The van der Waals surface area contributed by atoms with E-state index in [9.17, 15) is 26.7 Å². The number of hydrogen-bond donors (Lipinski definition) is 1. The first-order valence-corrected chi connectivity index (χ1v) is 10.2. The zero-order valence-corrected chi connectivity index (χ0v) is 18.5. The molecule has 0 bridgehead atoms. The molecule has 1 N–H and O–H groups in total. The van der Waals surface area contributed by atoms with Crippen LogP contribution in [0.3, 0.4) is 0 Å². The second-order valence-corrected chi connectivity index (χ2v) is 7.71. The van der Waals surface area contributed by atoms with E-state index in [4.69, 9.17) is 4.74 Å². The summed E-state index contributed by atoms with van der Waals surface area (Å²) < 4.78 is 68.8. The van der Waals surface area contributed by atoms with Gasteiger partial charge in [0.25, 0.3) is 12.3 Å². The number of nitrogens with one attached hydrogen (secondary N) is 1. The molecule has 0 saturated heterocycles. The molecule has 6 nitrogen and oxygen atoms in total. The lowest BCUT2D eigenvalue weighted by atomic mass is 10.1. The number of ether oxygens (including phenoxy) is 1. The molecule has 0 spiro atoms. The summed E-state index contributed by atoms with van der Waals surface area (Å²) in [6.45, 7) is 0.820. The molecule has 1 amide bonds. The Morgan fingerprint density at radius 3 is 2.48 bits per heavy atom. The smallest absolute Gasteiger partial charge is 0.416 e. The van der Waals surface area contributed by atoms with Crippen LogP contribution in [0, 0.1) is 0 Å². The summed E-state index contributed by atoms with van der Waals surface area (Å²) in [7, 11) is 0. The van der Waals surface area contributed by atoms with E-state index in [1.807, 2.05) is 0 Å². The normalized spacial score (nSPS) is 12.5. The molecule has 2 aromatic heterocycles. The highest BCUT2D eigenvalue weighted by Crippen LogP contribution is 2.32. The molecule has 0 aliphatic carbocycles. The Morgan fingerprint density at radius 1 is 1.12 bits per heavy atom. The first-order chi connectivity index (χ1) is 15.5. The first kappa shape index (κ1) is 24.5. The molecular weight excluding hydrogens is 515 g/mol. The van der Waals surface area contributed by atoms with Crippen LogP contribution in [0.4, 0.5) is 22.0 Å². The molecule has 2 heterocycles. The summed E-state index contributed by atoms with van der Waals surface area (Å²) in [6.07, 6.45) is -3.19. The molecule has 3 aromatic rings. The van der Waals surface area contributed by atoms with Gasteiger partial charge in [-0.1, -0.05) is 15.9 Å². The fourth-order valence-electron chi connectivity index (χ4n) is 2.86. The summed E-state index contributed by atoms with van der Waals surface area (Å²) in [6, 6.07) is 5.09. The molecule has 33 heavy (non-hydrogen) atoms. The van der Waals surface area contributed by atoms with Crippen LogP contribution in [0.2, 0.25) is 0 Å². The second-order valence-electron chi connectivity index (χ2n) is 6.79. The van der Waals surface area contributed by atoms with Gasteiger partial charge in [0.15, 0.2) is 0 Å². The highest BCUT2D eigenvalue weighted by molar-refractivity contribution is 9.10. The lowest BCUT2D eigenvalue weighted by molar-refractivity contribution is -0.137. The predicted octanol–water partition coefficient (Wildman–Crippen LogP) is 5.45. The minimum Gasteiger partial charge on any atom is -0.486 e. The molecule has 0 fully saturated rings. The molecule has 12 heteroatoms. The fraction of sp³-hybridized carbons (Fsp3) is 0.238. The number of aromatic nitrogens is 3. The van der Waals surface area contributed by atoms with Crippen LogP contribution in [-0.4, -0.2) is 33.9 Å². The molecule has 0 saturated carbocycles. The summed E-state index contributed by atoms with van der Waals surface area (Å²) in [5, 5.41) is 2.61. The van der Waals surface area contributed by atoms with Gasteiger partial charge in [0.05, 0.1) is 29.2 Å². The van der Waals surface area contributed by atoms with Crippen molar-refractivity contribution in [3.63, 3.8) is 0 Å². The van der Waals surface area contributed by atoms with Gasteiger partial charge in [-0.3, -0.25) is 19.7 Å². The van der Waals surface area contributed by atoms with Gasteiger partial charge in [0, 0.05) is 22.4 Å². The molecule has 0 aliphatic rings. The Labute approximate surface area is 193 Å². The van der Waals surface area contributed by atoms with Crippen LogP contribution >= 0.6 is 15.9 Å². The average molecular weight is 531 g/mol. The van der Waals surface area contributed by atoms with Crippen molar-refractivity contribution < 1.29 is 31.5 Å². The van der Waals surface area contributed by atoms with Crippen molar-refractivity contribution in [1.29, 1.82) is 0 Å². The number of nitrogens with zero attached hydrogens (tertiary/aromatic N) is 3. The van der Waals surface area contributed by atoms with Gasteiger partial charge in [-0.15, -0.1) is 0 Å². The number of benzene rings is 1. The van der Waals surface area contributed by atoms with Crippen molar-refractivity contribution in [2.24, 2.45) is 0 Å². The van der Waals surface area contributed by atoms with E-state index in [2.05, 4.69) is 36.2 Å². The summed E-state index contributed by atoms with van der Waals surface area (Å²) >= 11 is 2.99. The van der Waals surface area contributed by atoms with Gasteiger partial charge in [0.2, 0.25) is 0 Å². The first-order valence-electron chi connectivity index (χ1n) is 9.41. The van der Waals surface area contributed by atoms with Gasteiger partial charge in [-0.2, -0.15) is 13.2 Å². The van der Waals surface area contributed by atoms with E-state index in [1.165, 1.54) is 36.8 Å². The summed E-state index contributed by atoms with van der Waals surface area (Å²) in [4.78, 5) is 25.2. The molecule has 0 aliphatic heterocycles. The number of carbonyl (C=O) groups is 1. The Bertz CT molecular complexity index is 1130. The molecule has 1 unspecified atom stereocenters. The largest absolute Gasteiger partial charge is 0.486 e. The van der Waals surface area contributed by atoms with Crippen LogP contribution < -0.4 is 10.1 Å². The predicted molar refractivity (Wildman–Crippen MR) is 112 cm³/mol. The van der Waals surface area contributed by atoms with Crippen LogP contribution in [0.1, 0.15) is 34.6 Å². The third kappa shape index (κ3) is 6.44. The molecular formula is C21H16BrF5N4O2. The Hall–Kier alpha value is -3.15. The van der Waals surface area contributed by atoms with Crippen molar-refractivity contribution in [2.75, 3.05) is 6.61 Å². The Morgan fingerprint density at radius 2 is 1.85 bits per heavy atom. The molecule has 1 atom stereocenters. The van der Waals surface area contributed by atoms with E-state index in [0.29, 0.717) is 17.1 Å². The van der Waals surface area contributed by atoms with Crippen LogP contribution in [0.5, 0.6) is 5.75 Å². The standard InChI is InChI=1S/C21H16BrF5N4O2/c1-11(31-20(32)12-6-13(21(25,26)27)8-14(22)7-12)18-19(29-5-4-28-18)16-3-2-15(9-30-16)33-10-17(23)24/h2-9,11,17H,10H2,1H3,(H,31,32). The van der Waals surface area contributed by atoms with Crippen molar-refractivity contribution in [3.05, 3.63) is 70.2 Å². The minimum atomic E-state index is -4.61. The van der Waals surface area contributed by atoms with Gasteiger partial charge < -0.3 is 10.1 Å². The van der Waals surface area contributed by atoms with Gasteiger partial charge in [-0.25, -0.2) is 8.78 Å². The van der Waals surface area contributed by atoms with Crippen molar-refractivity contribution >= 4 is 21.8 Å². The maximum atomic E-state index is 13.1. The van der Waals surface area contributed by atoms with Crippen molar-refractivity contribution in [2.45, 2.75) is 25.6 Å². The van der Waals surface area contributed by atoms with E-state index < -0.39 is 36.7 Å². The fourth-order valence-corrected chi connectivity index (χ4v) is 3.35. The van der Waals surface area contributed by atoms with Crippen molar-refractivity contribution in [3.8, 4) is 17.1 Å². The third-order valence-electron chi connectivity index (χ3n) is 4.33. The van der Waals surface area contributed by atoms with E-state index in [-0.39, 0.29) is 15.8 Å². The van der Waals surface area contributed by atoms with E-state index >= 15 is 0 Å². The molecule has 3 rings (SSSR count). The number of rotatable bonds is 7. The van der Waals surface area contributed by atoms with Crippen LogP contribution in [0.25, 0.3) is 11.4 Å². The maximum absolute atomic E-state index is 13.1. The average Bonchev–Trinajstić information content (AvgIpc) is 2.77. The quantitative estimate of drug-likeness (QED) is 0.411. The van der Waals surface area contributed by atoms with Gasteiger partial charge in [0.1, 0.15) is 18.1 Å². The lowest BCUT2D eigenvalue weighted by Gasteiger charge is -2.17. The second kappa shape index (κ2) is 10.2. The number of carbonyl (C=O) groups excluding carboxylic acids is 1. The third-order valence-corrected chi connectivity index (χ3v) is 4.78. The monoisotopic (exact) mass is 530 g/mol. The minimum absolute atomic E-state index is 0.105. The lowest BCUT2D eigenvalue weighted by Crippen LogP contribution is -2.28. The Kier molecular flexibility index (Phi) is 7.57. The number of amides is 1. The highest BCUT2D eigenvalue weighted by Gasteiger charge is 2.32. The number of hydrogen-bond acceptors (Lipinski definition) is 5. The van der Waals surface area contributed by atoms with Gasteiger partial charge >= 0.3 is 6.18 Å². The zero-order valence-electron chi connectivity index (χ0n) is 16.9. The van der Waals surface area contributed by atoms with E-state index in [0.717, 1.165) is 12.1 Å². The maximum Gasteiger partial charge on any atom is 0.416 e. The topological polar surface area (TPSA) is 77.0 Å². The SMILES string of the molecule is CC(NC(=O)c1cc(Br)cc(C(F)(F)F)c1)c1nccnc1-c1ccc(OCC(F)F)cn1. The Balaban J connectivity index is 1.81.